The Labute approximate surface area is 129 Å². The van der Waals surface area contributed by atoms with Gasteiger partial charge in [-0.15, -0.1) is 0 Å². The lowest BCUT2D eigenvalue weighted by atomic mass is 10.2. The molecule has 6 heteroatoms. The van der Waals surface area contributed by atoms with E-state index in [2.05, 4.69) is 10.2 Å². The number of thioether (sulfide) groups is 1. The van der Waals surface area contributed by atoms with Gasteiger partial charge in [0.2, 0.25) is 5.91 Å². The van der Waals surface area contributed by atoms with Crippen LogP contribution < -0.4 is 11.1 Å². The van der Waals surface area contributed by atoms with Crippen LogP contribution in [0.25, 0.3) is 0 Å². The fourth-order valence-corrected chi connectivity index (χ4v) is 3.29. The monoisotopic (exact) mass is 313 g/mol. The Hall–Kier alpha value is -0.910. The number of hydrogen-bond acceptors (Lipinski definition) is 4. The highest BCUT2D eigenvalue weighted by molar-refractivity contribution is 7.99. The van der Waals surface area contributed by atoms with E-state index in [0.717, 1.165) is 25.4 Å². The van der Waals surface area contributed by atoms with Gasteiger partial charge in [-0.05, 0) is 36.9 Å². The van der Waals surface area contributed by atoms with Crippen LogP contribution in [-0.4, -0.2) is 41.9 Å². The molecule has 2 rings (SSSR count). The minimum Gasteiger partial charge on any atom is -0.399 e. The Kier molecular flexibility index (Phi) is 6.01. The smallest absolute Gasteiger partial charge is 0.225 e. The highest BCUT2D eigenvalue weighted by Gasteiger charge is 2.12. The lowest BCUT2D eigenvalue weighted by molar-refractivity contribution is -0.116. The average molecular weight is 314 g/mol. The second-order valence-electron chi connectivity index (χ2n) is 4.85. The molecule has 20 heavy (non-hydrogen) atoms. The Bertz CT molecular complexity index is 462. The number of nitrogens with one attached hydrogen (secondary N) is 1. The van der Waals surface area contributed by atoms with E-state index in [1.807, 2.05) is 11.8 Å². The first-order chi connectivity index (χ1) is 9.65. The largest absolute Gasteiger partial charge is 0.399 e. The van der Waals surface area contributed by atoms with Crippen LogP contribution in [0.15, 0.2) is 18.2 Å². The van der Waals surface area contributed by atoms with E-state index in [4.69, 9.17) is 17.3 Å². The zero-order chi connectivity index (χ0) is 14.4. The average Bonchev–Trinajstić information content (AvgIpc) is 2.68. The van der Waals surface area contributed by atoms with Crippen LogP contribution in [0.2, 0.25) is 5.02 Å². The van der Waals surface area contributed by atoms with Crippen molar-refractivity contribution in [1.82, 2.24) is 4.90 Å². The molecule has 0 aliphatic carbocycles. The van der Waals surface area contributed by atoms with Crippen LogP contribution in [0.3, 0.4) is 0 Å². The van der Waals surface area contributed by atoms with E-state index < -0.39 is 0 Å². The molecule has 1 fully saturated rings. The van der Waals surface area contributed by atoms with Crippen molar-refractivity contribution in [3.05, 3.63) is 23.2 Å². The number of carbonyl (C=O) groups is 1. The van der Waals surface area contributed by atoms with Gasteiger partial charge in [-0.2, -0.15) is 11.8 Å². The lowest BCUT2D eigenvalue weighted by Crippen LogP contribution is -2.29. The van der Waals surface area contributed by atoms with Crippen molar-refractivity contribution in [2.24, 2.45) is 0 Å². The summed E-state index contributed by atoms with van der Waals surface area (Å²) in [5, 5.41) is 3.31. The number of amides is 1. The van der Waals surface area contributed by atoms with Gasteiger partial charge in [0.05, 0.1) is 10.7 Å². The first-order valence-corrected chi connectivity index (χ1v) is 8.33. The topological polar surface area (TPSA) is 58.4 Å². The van der Waals surface area contributed by atoms with Gasteiger partial charge in [0.1, 0.15) is 0 Å². The predicted molar refractivity (Wildman–Crippen MR) is 87.5 cm³/mol. The number of nitrogens with two attached hydrogens (primary N) is 1. The minimum absolute atomic E-state index is 0.00595. The van der Waals surface area contributed by atoms with Crippen LogP contribution in [0.1, 0.15) is 12.8 Å². The maximum absolute atomic E-state index is 11.9. The highest BCUT2D eigenvalue weighted by atomic mass is 35.5. The first-order valence-electron chi connectivity index (χ1n) is 6.80. The van der Waals surface area contributed by atoms with Gasteiger partial charge in [-0.3, -0.25) is 4.79 Å². The summed E-state index contributed by atoms with van der Waals surface area (Å²) in [4.78, 5) is 14.3. The van der Waals surface area contributed by atoms with E-state index in [1.54, 1.807) is 18.2 Å². The quantitative estimate of drug-likeness (QED) is 0.839. The third kappa shape index (κ3) is 4.89. The number of nitrogen functional groups attached to an aromatic ring is 1. The van der Waals surface area contributed by atoms with Gasteiger partial charge in [-0.25, -0.2) is 0 Å². The summed E-state index contributed by atoms with van der Waals surface area (Å²) in [7, 11) is 0. The van der Waals surface area contributed by atoms with Crippen LogP contribution in [0, 0.1) is 0 Å². The van der Waals surface area contributed by atoms with Crippen LogP contribution >= 0.6 is 23.4 Å². The molecule has 1 aliphatic rings. The second kappa shape index (κ2) is 7.76. The molecule has 110 valence electrons. The fraction of sp³-hybridized carbons (Fsp3) is 0.500. The van der Waals surface area contributed by atoms with E-state index in [9.17, 15) is 4.79 Å². The molecule has 1 heterocycles. The Morgan fingerprint density at radius 3 is 3.05 bits per heavy atom. The maximum atomic E-state index is 11.9. The van der Waals surface area contributed by atoms with Gasteiger partial charge < -0.3 is 16.0 Å². The van der Waals surface area contributed by atoms with Crippen molar-refractivity contribution in [3.63, 3.8) is 0 Å². The van der Waals surface area contributed by atoms with E-state index in [0.29, 0.717) is 22.8 Å². The minimum atomic E-state index is -0.00595. The molecule has 0 aromatic heterocycles. The molecule has 0 saturated carbocycles. The number of halogens is 1. The van der Waals surface area contributed by atoms with Gasteiger partial charge in [-0.1, -0.05) is 11.6 Å². The standard InChI is InChI=1S/C14H20ClN3OS/c15-12-10-11(16)2-3-13(12)17-14(19)4-6-18-5-1-8-20-9-7-18/h2-3,10H,1,4-9,16H2,(H,17,19). The van der Waals surface area contributed by atoms with Crippen molar-refractivity contribution < 1.29 is 4.79 Å². The SMILES string of the molecule is Nc1ccc(NC(=O)CCN2CCCSCC2)c(Cl)c1. The molecule has 0 unspecified atom stereocenters. The molecule has 0 bridgehead atoms. The zero-order valence-corrected chi connectivity index (χ0v) is 13.0. The van der Waals surface area contributed by atoms with Crippen LogP contribution in [0.5, 0.6) is 0 Å². The third-order valence-electron chi connectivity index (χ3n) is 3.24. The van der Waals surface area contributed by atoms with Crippen LogP contribution in [-0.2, 0) is 4.79 Å². The molecule has 1 saturated heterocycles. The summed E-state index contributed by atoms with van der Waals surface area (Å²) in [5.41, 5.74) is 6.84. The van der Waals surface area contributed by atoms with Crippen molar-refractivity contribution in [2.45, 2.75) is 12.8 Å². The summed E-state index contributed by atoms with van der Waals surface area (Å²) in [6, 6.07) is 5.11. The Morgan fingerprint density at radius 2 is 2.25 bits per heavy atom. The number of hydrogen-bond donors (Lipinski definition) is 2. The third-order valence-corrected chi connectivity index (χ3v) is 4.60. The molecule has 1 aromatic carbocycles. The number of rotatable bonds is 4. The van der Waals surface area contributed by atoms with Crippen molar-refractivity contribution in [1.29, 1.82) is 0 Å². The zero-order valence-electron chi connectivity index (χ0n) is 11.4. The van der Waals surface area contributed by atoms with Gasteiger partial charge in [0.25, 0.3) is 0 Å². The molecule has 1 aromatic rings. The molecule has 0 radical (unpaired) electrons. The van der Waals surface area contributed by atoms with Crippen molar-refractivity contribution >= 4 is 40.6 Å². The maximum Gasteiger partial charge on any atom is 0.225 e. The van der Waals surface area contributed by atoms with Gasteiger partial charge >= 0.3 is 0 Å². The second-order valence-corrected chi connectivity index (χ2v) is 6.48. The first kappa shape index (κ1) is 15.5. The molecule has 4 nitrogen and oxygen atoms in total. The molecule has 0 spiro atoms. The summed E-state index contributed by atoms with van der Waals surface area (Å²) < 4.78 is 0. The van der Waals surface area contributed by atoms with Gasteiger partial charge in [0.15, 0.2) is 0 Å². The van der Waals surface area contributed by atoms with E-state index in [-0.39, 0.29) is 5.91 Å². The normalized spacial score (nSPS) is 16.6. The summed E-state index contributed by atoms with van der Waals surface area (Å²) >= 11 is 8.02. The molecule has 1 aliphatic heterocycles. The Morgan fingerprint density at radius 1 is 1.40 bits per heavy atom. The van der Waals surface area contributed by atoms with Crippen molar-refractivity contribution in [3.8, 4) is 0 Å². The molecule has 0 atom stereocenters. The molecule has 3 N–H and O–H groups in total. The predicted octanol–water partition coefficient (Wildman–Crippen LogP) is 2.69. The summed E-state index contributed by atoms with van der Waals surface area (Å²) in [6.45, 7) is 2.96. The fourth-order valence-electron chi connectivity index (χ4n) is 2.13. The number of nitrogens with zero attached hydrogens (tertiary/aromatic N) is 1. The molecule has 1 amide bonds. The van der Waals surface area contributed by atoms with E-state index in [1.165, 1.54) is 12.2 Å². The highest BCUT2D eigenvalue weighted by Crippen LogP contribution is 2.24. The molecular weight excluding hydrogens is 294 g/mol. The van der Waals surface area contributed by atoms with Crippen LogP contribution in [0.4, 0.5) is 11.4 Å². The summed E-state index contributed by atoms with van der Waals surface area (Å²) in [6.07, 6.45) is 1.70. The van der Waals surface area contributed by atoms with E-state index >= 15 is 0 Å². The number of anilines is 2. The lowest BCUT2D eigenvalue weighted by Gasteiger charge is -2.18. The molecular formula is C14H20ClN3OS. The van der Waals surface area contributed by atoms with Gasteiger partial charge in [0, 0.05) is 31.0 Å². The summed E-state index contributed by atoms with van der Waals surface area (Å²) in [5.74, 6) is 2.38. The van der Waals surface area contributed by atoms with Crippen molar-refractivity contribution in [2.75, 3.05) is 42.2 Å². The number of carbonyl (C=O) groups excluding carboxylic acids is 1. The number of benzene rings is 1. The Balaban J connectivity index is 1.79.